The van der Waals surface area contributed by atoms with Crippen molar-refractivity contribution in [2.75, 3.05) is 0 Å². The Morgan fingerprint density at radius 2 is 1.80 bits per heavy atom. The second-order valence-corrected chi connectivity index (χ2v) is 3.06. The molecule has 1 aromatic rings. The molecule has 0 unspecified atom stereocenters. The zero-order valence-corrected chi connectivity index (χ0v) is 6.47. The maximum atomic E-state index is 9.25. The van der Waals surface area contributed by atoms with Gasteiger partial charge in [0.1, 0.15) is 0 Å². The summed E-state index contributed by atoms with van der Waals surface area (Å²) in [5.41, 5.74) is 0.719. The first kappa shape index (κ1) is 7.58. The molecule has 1 N–H and O–H groups in total. The topological polar surface area (TPSA) is 20.2 Å². The van der Waals surface area contributed by atoms with Crippen LogP contribution in [0.15, 0.2) is 30.3 Å². The summed E-state index contributed by atoms with van der Waals surface area (Å²) in [6.45, 7) is 1.55. The summed E-state index contributed by atoms with van der Waals surface area (Å²) in [5.74, 6) is 0. The minimum absolute atomic E-state index is 0.719. The Labute approximate surface area is 65.3 Å². The first-order valence-corrected chi connectivity index (χ1v) is 3.45. The van der Waals surface area contributed by atoms with Crippen LogP contribution in [0.5, 0.6) is 0 Å². The summed E-state index contributed by atoms with van der Waals surface area (Å²) < 4.78 is 0. The van der Waals surface area contributed by atoms with Crippen molar-refractivity contribution >= 4 is 11.6 Å². The predicted octanol–water partition coefficient (Wildman–Crippen LogP) is 2.09. The highest BCUT2D eigenvalue weighted by molar-refractivity contribution is 6.22. The highest BCUT2D eigenvalue weighted by Crippen LogP contribution is 2.23. The van der Waals surface area contributed by atoms with Gasteiger partial charge in [0.05, 0.1) is 0 Å². The standard InChI is InChI=1S/C8H9ClO/c1-8(9,10)7-5-3-2-4-6-7/h2-6,10H,1H3/t8-/m0/s1. The first-order chi connectivity index (χ1) is 4.61. The summed E-state index contributed by atoms with van der Waals surface area (Å²) in [6, 6.07) is 9.13. The molecule has 0 saturated heterocycles. The summed E-state index contributed by atoms with van der Waals surface area (Å²) in [7, 11) is 0. The zero-order valence-electron chi connectivity index (χ0n) is 5.71. The molecule has 54 valence electrons. The molecule has 2 heteroatoms. The van der Waals surface area contributed by atoms with E-state index in [4.69, 9.17) is 11.6 Å². The van der Waals surface area contributed by atoms with Crippen molar-refractivity contribution in [3.05, 3.63) is 35.9 Å². The molecule has 1 rings (SSSR count). The number of rotatable bonds is 1. The molecule has 1 nitrogen and oxygen atoms in total. The van der Waals surface area contributed by atoms with Crippen LogP contribution in [0.3, 0.4) is 0 Å². The lowest BCUT2D eigenvalue weighted by Gasteiger charge is -2.13. The average molecular weight is 157 g/mol. The smallest absolute Gasteiger partial charge is 0.161 e. The van der Waals surface area contributed by atoms with E-state index in [2.05, 4.69) is 0 Å². The maximum Gasteiger partial charge on any atom is 0.161 e. The number of aliphatic hydroxyl groups is 1. The number of alkyl halides is 1. The van der Waals surface area contributed by atoms with Gasteiger partial charge in [-0.25, -0.2) is 0 Å². The Kier molecular flexibility index (Phi) is 1.97. The fourth-order valence-electron chi connectivity index (χ4n) is 0.742. The normalized spacial score (nSPS) is 16.3. The molecular weight excluding hydrogens is 148 g/mol. The van der Waals surface area contributed by atoms with Crippen LogP contribution >= 0.6 is 11.6 Å². The van der Waals surface area contributed by atoms with Crippen LogP contribution in [0.2, 0.25) is 0 Å². The van der Waals surface area contributed by atoms with E-state index in [1.807, 2.05) is 18.2 Å². The predicted molar refractivity (Wildman–Crippen MR) is 41.9 cm³/mol. The van der Waals surface area contributed by atoms with Crippen LogP contribution in [0.1, 0.15) is 12.5 Å². The van der Waals surface area contributed by atoms with Crippen LogP contribution in [0, 0.1) is 0 Å². The Bertz CT molecular complexity index is 200. The highest BCUT2D eigenvalue weighted by atomic mass is 35.5. The van der Waals surface area contributed by atoms with Crippen LogP contribution in [0.25, 0.3) is 0 Å². The molecule has 0 bridgehead atoms. The zero-order chi connectivity index (χ0) is 7.61. The van der Waals surface area contributed by atoms with E-state index < -0.39 is 5.06 Å². The van der Waals surface area contributed by atoms with E-state index in [0.717, 1.165) is 5.56 Å². The van der Waals surface area contributed by atoms with E-state index in [0.29, 0.717) is 0 Å². The van der Waals surface area contributed by atoms with E-state index in [-0.39, 0.29) is 0 Å². The maximum absolute atomic E-state index is 9.25. The molecule has 0 spiro atoms. The molecule has 0 radical (unpaired) electrons. The van der Waals surface area contributed by atoms with E-state index in [1.165, 1.54) is 0 Å². The minimum Gasteiger partial charge on any atom is -0.371 e. The van der Waals surface area contributed by atoms with Gasteiger partial charge in [0, 0.05) is 0 Å². The van der Waals surface area contributed by atoms with Gasteiger partial charge < -0.3 is 5.11 Å². The third-order valence-electron chi connectivity index (χ3n) is 1.30. The van der Waals surface area contributed by atoms with Crippen molar-refractivity contribution < 1.29 is 5.11 Å². The van der Waals surface area contributed by atoms with Gasteiger partial charge in [0.15, 0.2) is 5.06 Å². The van der Waals surface area contributed by atoms with Gasteiger partial charge in [-0.2, -0.15) is 0 Å². The fraction of sp³-hybridized carbons (Fsp3) is 0.250. The second-order valence-electron chi connectivity index (χ2n) is 2.32. The van der Waals surface area contributed by atoms with Crippen molar-refractivity contribution in [3.63, 3.8) is 0 Å². The largest absolute Gasteiger partial charge is 0.371 e. The van der Waals surface area contributed by atoms with Crippen molar-refractivity contribution in [2.24, 2.45) is 0 Å². The van der Waals surface area contributed by atoms with Gasteiger partial charge in [-0.3, -0.25) is 0 Å². The Morgan fingerprint density at radius 1 is 1.30 bits per heavy atom. The van der Waals surface area contributed by atoms with Crippen LogP contribution in [-0.4, -0.2) is 5.11 Å². The lowest BCUT2D eigenvalue weighted by Crippen LogP contribution is -2.10. The third kappa shape index (κ3) is 1.72. The summed E-state index contributed by atoms with van der Waals surface area (Å²) in [6.07, 6.45) is 0. The van der Waals surface area contributed by atoms with Crippen molar-refractivity contribution in [3.8, 4) is 0 Å². The lowest BCUT2D eigenvalue weighted by molar-refractivity contribution is 0.150. The highest BCUT2D eigenvalue weighted by Gasteiger charge is 2.17. The fourth-order valence-corrected chi connectivity index (χ4v) is 0.868. The molecular formula is C8H9ClO. The number of hydrogen-bond acceptors (Lipinski definition) is 1. The van der Waals surface area contributed by atoms with Crippen molar-refractivity contribution in [1.82, 2.24) is 0 Å². The number of benzene rings is 1. The van der Waals surface area contributed by atoms with Gasteiger partial charge in [0.2, 0.25) is 0 Å². The molecule has 0 aromatic heterocycles. The molecule has 0 aliphatic rings. The van der Waals surface area contributed by atoms with E-state index >= 15 is 0 Å². The number of hydrogen-bond donors (Lipinski definition) is 1. The molecule has 0 aliphatic carbocycles. The van der Waals surface area contributed by atoms with Crippen LogP contribution in [0.4, 0.5) is 0 Å². The van der Waals surface area contributed by atoms with Crippen molar-refractivity contribution in [1.29, 1.82) is 0 Å². The van der Waals surface area contributed by atoms with E-state index in [9.17, 15) is 5.11 Å². The summed E-state index contributed by atoms with van der Waals surface area (Å²) >= 11 is 5.61. The third-order valence-corrected chi connectivity index (χ3v) is 1.52. The minimum atomic E-state index is -1.23. The molecule has 0 aliphatic heterocycles. The molecule has 0 fully saturated rings. The summed E-state index contributed by atoms with van der Waals surface area (Å²) in [5, 5.41) is 8.02. The average Bonchev–Trinajstić information content (AvgIpc) is 1.88. The first-order valence-electron chi connectivity index (χ1n) is 3.07. The monoisotopic (exact) mass is 156 g/mol. The Morgan fingerprint density at radius 3 is 2.10 bits per heavy atom. The molecule has 0 amide bonds. The SMILES string of the molecule is C[C@@](O)(Cl)c1ccccc1. The molecule has 10 heavy (non-hydrogen) atoms. The molecule has 1 atom stereocenters. The van der Waals surface area contributed by atoms with Gasteiger partial charge in [-0.15, -0.1) is 0 Å². The number of halogens is 1. The van der Waals surface area contributed by atoms with E-state index in [1.54, 1.807) is 19.1 Å². The molecule has 0 saturated carbocycles. The van der Waals surface area contributed by atoms with Gasteiger partial charge in [0.25, 0.3) is 0 Å². The van der Waals surface area contributed by atoms with Gasteiger partial charge in [-0.05, 0) is 12.5 Å². The van der Waals surface area contributed by atoms with Crippen LogP contribution in [-0.2, 0) is 5.06 Å². The van der Waals surface area contributed by atoms with Crippen LogP contribution < -0.4 is 0 Å². The van der Waals surface area contributed by atoms with Gasteiger partial charge >= 0.3 is 0 Å². The Hall–Kier alpha value is -0.530. The lowest BCUT2D eigenvalue weighted by atomic mass is 10.1. The second kappa shape index (κ2) is 2.60. The summed E-state index contributed by atoms with van der Waals surface area (Å²) in [4.78, 5) is 0. The molecule has 1 aromatic carbocycles. The molecule has 0 heterocycles. The van der Waals surface area contributed by atoms with Crippen molar-refractivity contribution in [2.45, 2.75) is 12.0 Å². The quantitative estimate of drug-likeness (QED) is 0.618. The Balaban J connectivity index is 2.97. The van der Waals surface area contributed by atoms with Gasteiger partial charge in [-0.1, -0.05) is 41.9 Å².